The molecule has 1 fully saturated rings. The van der Waals surface area contributed by atoms with Crippen molar-refractivity contribution in [1.82, 2.24) is 0 Å². The van der Waals surface area contributed by atoms with E-state index in [1.807, 2.05) is 0 Å². The number of phosphoric ester groups is 1. The summed E-state index contributed by atoms with van der Waals surface area (Å²) in [5, 5.41) is 0. The fourth-order valence-electron chi connectivity index (χ4n) is 1.09. The Balaban J connectivity index is 2.59. The van der Waals surface area contributed by atoms with Crippen LogP contribution in [-0.2, 0) is 18.1 Å². The molecule has 3 atom stereocenters. The average molecular weight is 234 g/mol. The number of halogens is 3. The molecule has 0 amide bonds. The maximum atomic E-state index is 12.3. The zero-order valence-electron chi connectivity index (χ0n) is 7.20. The van der Waals surface area contributed by atoms with E-state index in [4.69, 9.17) is 0 Å². The summed E-state index contributed by atoms with van der Waals surface area (Å²) in [4.78, 5) is 0. The van der Waals surface area contributed by atoms with Gasteiger partial charge in [-0.2, -0.15) is 0 Å². The van der Waals surface area contributed by atoms with Gasteiger partial charge in [-0.15, -0.1) is 0 Å². The summed E-state index contributed by atoms with van der Waals surface area (Å²) in [6.45, 7) is -3.11. The van der Waals surface area contributed by atoms with Gasteiger partial charge in [0, 0.05) is 6.42 Å². The summed E-state index contributed by atoms with van der Waals surface area (Å²) >= 11 is 0. The minimum absolute atomic E-state index is 0.159. The van der Waals surface area contributed by atoms with Gasteiger partial charge in [-0.3, -0.25) is 18.0 Å². The zero-order chi connectivity index (χ0) is 10.6. The Morgan fingerprint density at radius 2 is 1.86 bits per heavy atom. The van der Waals surface area contributed by atoms with Gasteiger partial charge in [-0.25, -0.2) is 13.3 Å². The standard InChI is InChI=1S/C6H10F3O4P/c7-2-1-5-6(3-8)13-14(10,12-5)11-4-9/h5-6H,1-4H2. The number of phosphoric acid groups is 1. The molecule has 0 aromatic carbocycles. The molecule has 0 aliphatic carbocycles. The molecule has 0 aromatic heterocycles. The Bertz CT molecular complexity index is 227. The summed E-state index contributed by atoms with van der Waals surface area (Å²) in [5.41, 5.74) is 0. The van der Waals surface area contributed by atoms with E-state index in [9.17, 15) is 17.7 Å². The normalized spacial score (nSPS) is 37.6. The molecule has 0 saturated carbocycles. The highest BCUT2D eigenvalue weighted by molar-refractivity contribution is 7.48. The van der Waals surface area contributed by atoms with E-state index in [0.29, 0.717) is 0 Å². The fourth-order valence-corrected chi connectivity index (χ4v) is 2.47. The van der Waals surface area contributed by atoms with Crippen LogP contribution in [-0.4, -0.2) is 32.4 Å². The van der Waals surface area contributed by atoms with Crippen LogP contribution in [0.5, 0.6) is 0 Å². The third-order valence-corrected chi connectivity index (χ3v) is 3.17. The lowest BCUT2D eigenvalue weighted by Gasteiger charge is -2.08. The summed E-state index contributed by atoms with van der Waals surface area (Å²) in [6.07, 6.45) is -2.29. The van der Waals surface area contributed by atoms with Gasteiger partial charge in [0.05, 0.1) is 6.67 Å². The maximum Gasteiger partial charge on any atom is 0.477 e. The van der Waals surface area contributed by atoms with E-state index in [1.165, 1.54) is 0 Å². The number of rotatable bonds is 5. The van der Waals surface area contributed by atoms with E-state index in [-0.39, 0.29) is 6.42 Å². The van der Waals surface area contributed by atoms with Crippen LogP contribution in [0.15, 0.2) is 0 Å². The van der Waals surface area contributed by atoms with Crippen molar-refractivity contribution in [2.24, 2.45) is 0 Å². The van der Waals surface area contributed by atoms with Gasteiger partial charge in [0.1, 0.15) is 18.9 Å². The molecule has 4 nitrogen and oxygen atoms in total. The van der Waals surface area contributed by atoms with Crippen LogP contribution in [0.2, 0.25) is 0 Å². The molecule has 1 aliphatic heterocycles. The molecule has 3 unspecified atom stereocenters. The van der Waals surface area contributed by atoms with Gasteiger partial charge in [-0.1, -0.05) is 0 Å². The van der Waals surface area contributed by atoms with Gasteiger partial charge < -0.3 is 0 Å². The largest absolute Gasteiger partial charge is 0.477 e. The molecule has 0 radical (unpaired) electrons. The van der Waals surface area contributed by atoms with Crippen molar-refractivity contribution in [2.75, 3.05) is 20.2 Å². The highest BCUT2D eigenvalue weighted by Gasteiger charge is 2.45. The summed E-state index contributed by atoms with van der Waals surface area (Å²) in [6, 6.07) is 0. The van der Waals surface area contributed by atoms with Gasteiger partial charge in [0.25, 0.3) is 0 Å². The SMILES string of the molecule is O=P1(OCF)OC(CF)C(CCF)O1. The van der Waals surface area contributed by atoms with Crippen LogP contribution in [0.3, 0.4) is 0 Å². The molecule has 84 valence electrons. The molecular weight excluding hydrogens is 224 g/mol. The predicted molar refractivity (Wildman–Crippen MR) is 41.0 cm³/mol. The molecule has 8 heteroatoms. The van der Waals surface area contributed by atoms with Crippen molar-refractivity contribution in [2.45, 2.75) is 18.6 Å². The Morgan fingerprint density at radius 3 is 2.36 bits per heavy atom. The molecule has 1 heterocycles. The molecule has 1 saturated heterocycles. The zero-order valence-corrected chi connectivity index (χ0v) is 8.09. The minimum Gasteiger partial charge on any atom is -0.280 e. The minimum atomic E-state index is -4.01. The molecule has 0 N–H and O–H groups in total. The Kier molecular flexibility index (Phi) is 4.37. The number of alkyl halides is 3. The molecule has 14 heavy (non-hydrogen) atoms. The first kappa shape index (κ1) is 12.0. The van der Waals surface area contributed by atoms with E-state index in [0.717, 1.165) is 0 Å². The van der Waals surface area contributed by atoms with Gasteiger partial charge >= 0.3 is 7.82 Å². The van der Waals surface area contributed by atoms with Crippen molar-refractivity contribution in [3.8, 4) is 0 Å². The number of hydrogen-bond donors (Lipinski definition) is 0. The lowest BCUT2D eigenvalue weighted by atomic mass is 10.2. The second kappa shape index (κ2) is 5.11. The highest BCUT2D eigenvalue weighted by atomic mass is 31.2. The first-order chi connectivity index (χ1) is 6.65. The molecular formula is C6H10F3O4P. The maximum absolute atomic E-state index is 12.3. The highest BCUT2D eigenvalue weighted by Crippen LogP contribution is 2.57. The lowest BCUT2D eigenvalue weighted by Crippen LogP contribution is -2.24. The van der Waals surface area contributed by atoms with E-state index in [1.54, 1.807) is 0 Å². The van der Waals surface area contributed by atoms with Gasteiger partial charge in [0.15, 0.2) is 6.86 Å². The average Bonchev–Trinajstić information content (AvgIpc) is 2.44. The van der Waals surface area contributed by atoms with Crippen LogP contribution in [0, 0.1) is 0 Å². The quantitative estimate of drug-likeness (QED) is 0.683. The van der Waals surface area contributed by atoms with Crippen molar-refractivity contribution >= 4 is 7.82 Å². The second-order valence-corrected chi connectivity index (χ2v) is 4.18. The van der Waals surface area contributed by atoms with Crippen LogP contribution in [0.4, 0.5) is 13.2 Å². The first-order valence-electron chi connectivity index (χ1n) is 3.94. The smallest absolute Gasteiger partial charge is 0.280 e. The van der Waals surface area contributed by atoms with Crippen molar-refractivity contribution in [3.63, 3.8) is 0 Å². The summed E-state index contributed by atoms with van der Waals surface area (Å²) in [7, 11) is -4.01. The topological polar surface area (TPSA) is 44.8 Å². The number of hydrogen-bond acceptors (Lipinski definition) is 4. The first-order valence-corrected chi connectivity index (χ1v) is 5.40. The van der Waals surface area contributed by atoms with Crippen molar-refractivity contribution in [1.29, 1.82) is 0 Å². The van der Waals surface area contributed by atoms with Crippen LogP contribution in [0.1, 0.15) is 6.42 Å². The Morgan fingerprint density at radius 1 is 1.21 bits per heavy atom. The fraction of sp³-hybridized carbons (Fsp3) is 1.00. The summed E-state index contributed by atoms with van der Waals surface area (Å²) in [5.74, 6) is 0. The van der Waals surface area contributed by atoms with Crippen LogP contribution >= 0.6 is 7.82 Å². The molecule has 0 bridgehead atoms. The third-order valence-electron chi connectivity index (χ3n) is 1.70. The molecule has 0 aromatic rings. The van der Waals surface area contributed by atoms with Crippen molar-refractivity contribution in [3.05, 3.63) is 0 Å². The van der Waals surface area contributed by atoms with Gasteiger partial charge in [-0.05, 0) is 0 Å². The van der Waals surface area contributed by atoms with Crippen molar-refractivity contribution < 1.29 is 31.3 Å². The van der Waals surface area contributed by atoms with Crippen LogP contribution in [0.25, 0.3) is 0 Å². The molecule has 0 spiro atoms. The second-order valence-electron chi connectivity index (χ2n) is 2.61. The van der Waals surface area contributed by atoms with Crippen LogP contribution < -0.4 is 0 Å². The Labute approximate surface area is 78.9 Å². The third kappa shape index (κ3) is 2.70. The Hall–Kier alpha value is -0.100. The monoisotopic (exact) mass is 234 g/mol. The van der Waals surface area contributed by atoms with Gasteiger partial charge in [0.2, 0.25) is 0 Å². The lowest BCUT2D eigenvalue weighted by molar-refractivity contribution is 0.113. The van der Waals surface area contributed by atoms with E-state index >= 15 is 0 Å². The summed E-state index contributed by atoms with van der Waals surface area (Å²) < 4.78 is 60.4. The molecule has 1 rings (SSSR count). The van der Waals surface area contributed by atoms with E-state index in [2.05, 4.69) is 13.6 Å². The van der Waals surface area contributed by atoms with E-state index < -0.39 is 40.2 Å². The predicted octanol–water partition coefficient (Wildman–Crippen LogP) is 2.15. The molecule has 1 aliphatic rings.